The highest BCUT2D eigenvalue weighted by Crippen LogP contribution is 2.31. The largest absolute Gasteiger partial charge is 0.347 e. The molecule has 4 nitrogen and oxygen atoms in total. The second kappa shape index (κ2) is 7.21. The number of hydrogen-bond donors (Lipinski definition) is 0. The lowest BCUT2D eigenvalue weighted by Gasteiger charge is -2.37. The summed E-state index contributed by atoms with van der Waals surface area (Å²) >= 11 is 7.59. The number of nitrogens with zero attached hydrogens (tertiary/aromatic N) is 1. The lowest BCUT2D eigenvalue weighted by molar-refractivity contribution is -0.186. The number of carbonyl (C=O) groups excluding carboxylic acids is 1. The highest BCUT2D eigenvalue weighted by Gasteiger charge is 2.40. The van der Waals surface area contributed by atoms with Gasteiger partial charge in [-0.25, -0.2) is 0 Å². The van der Waals surface area contributed by atoms with E-state index in [0.717, 1.165) is 42.3 Å². The van der Waals surface area contributed by atoms with E-state index < -0.39 is 5.79 Å². The monoisotopic (exact) mass is 341 g/mol. The standard InChI is InChI=1S/C16H20ClNO3S/c17-14-3-1-2-13(10-14)11-22-12-15(19)18-6-4-16(5-7-18)20-8-9-21-16/h1-3,10H,4-9,11-12H2. The summed E-state index contributed by atoms with van der Waals surface area (Å²) in [6.45, 7) is 2.78. The zero-order valence-electron chi connectivity index (χ0n) is 12.4. The summed E-state index contributed by atoms with van der Waals surface area (Å²) in [5.41, 5.74) is 1.15. The first kappa shape index (κ1) is 16.1. The molecular formula is C16H20ClNO3S. The van der Waals surface area contributed by atoms with E-state index in [1.165, 1.54) is 0 Å². The van der Waals surface area contributed by atoms with Crippen LogP contribution in [0.15, 0.2) is 24.3 Å². The second-order valence-electron chi connectivity index (χ2n) is 5.61. The van der Waals surface area contributed by atoms with Crippen molar-refractivity contribution < 1.29 is 14.3 Å². The van der Waals surface area contributed by atoms with E-state index in [0.29, 0.717) is 19.0 Å². The summed E-state index contributed by atoms with van der Waals surface area (Å²) in [5, 5.41) is 0.738. The molecule has 22 heavy (non-hydrogen) atoms. The van der Waals surface area contributed by atoms with Crippen molar-refractivity contribution in [3.63, 3.8) is 0 Å². The van der Waals surface area contributed by atoms with Crippen LogP contribution in [0, 0.1) is 0 Å². The molecule has 0 radical (unpaired) electrons. The van der Waals surface area contributed by atoms with Gasteiger partial charge in [0.25, 0.3) is 0 Å². The van der Waals surface area contributed by atoms with Gasteiger partial charge in [0.1, 0.15) is 0 Å². The molecule has 1 aromatic rings. The Labute approximate surface area is 140 Å². The minimum Gasteiger partial charge on any atom is -0.347 e. The molecule has 0 atom stereocenters. The Kier molecular flexibility index (Phi) is 5.29. The zero-order valence-corrected chi connectivity index (χ0v) is 14.0. The number of amides is 1. The van der Waals surface area contributed by atoms with Crippen LogP contribution in [0.1, 0.15) is 18.4 Å². The number of hydrogen-bond acceptors (Lipinski definition) is 4. The quantitative estimate of drug-likeness (QED) is 0.844. The van der Waals surface area contributed by atoms with Crippen LogP contribution in [-0.2, 0) is 20.0 Å². The highest BCUT2D eigenvalue weighted by atomic mass is 35.5. The molecule has 1 spiro atoms. The van der Waals surface area contributed by atoms with Crippen molar-refractivity contribution in [3.8, 4) is 0 Å². The van der Waals surface area contributed by atoms with Crippen LogP contribution in [0.2, 0.25) is 5.02 Å². The van der Waals surface area contributed by atoms with Gasteiger partial charge >= 0.3 is 0 Å². The van der Waals surface area contributed by atoms with Crippen LogP contribution in [0.25, 0.3) is 0 Å². The van der Waals surface area contributed by atoms with Gasteiger partial charge in [0.2, 0.25) is 5.91 Å². The molecule has 2 heterocycles. The first-order valence-electron chi connectivity index (χ1n) is 7.55. The predicted molar refractivity (Wildman–Crippen MR) is 88.1 cm³/mol. The van der Waals surface area contributed by atoms with Gasteiger partial charge in [0.15, 0.2) is 5.79 Å². The highest BCUT2D eigenvalue weighted by molar-refractivity contribution is 7.99. The van der Waals surface area contributed by atoms with E-state index in [-0.39, 0.29) is 5.91 Å². The maximum absolute atomic E-state index is 12.3. The van der Waals surface area contributed by atoms with E-state index in [2.05, 4.69) is 0 Å². The van der Waals surface area contributed by atoms with Crippen LogP contribution < -0.4 is 0 Å². The number of likely N-dealkylation sites (tertiary alicyclic amines) is 1. The number of ether oxygens (including phenoxy) is 2. The van der Waals surface area contributed by atoms with Crippen LogP contribution in [-0.4, -0.2) is 48.7 Å². The molecule has 0 aliphatic carbocycles. The molecule has 0 unspecified atom stereocenters. The van der Waals surface area contributed by atoms with Gasteiger partial charge in [0, 0.05) is 36.7 Å². The lowest BCUT2D eigenvalue weighted by Crippen LogP contribution is -2.47. The first-order valence-corrected chi connectivity index (χ1v) is 9.08. The summed E-state index contributed by atoms with van der Waals surface area (Å²) < 4.78 is 11.4. The van der Waals surface area contributed by atoms with Gasteiger partial charge in [-0.3, -0.25) is 4.79 Å². The van der Waals surface area contributed by atoms with Crippen molar-refractivity contribution >= 4 is 29.3 Å². The summed E-state index contributed by atoms with van der Waals surface area (Å²) in [7, 11) is 0. The summed E-state index contributed by atoms with van der Waals surface area (Å²) in [6, 6.07) is 7.77. The van der Waals surface area contributed by atoms with Crippen molar-refractivity contribution in [2.75, 3.05) is 32.1 Å². The molecule has 3 rings (SSSR count). The van der Waals surface area contributed by atoms with Crippen LogP contribution in [0.3, 0.4) is 0 Å². The molecule has 0 bridgehead atoms. The van der Waals surface area contributed by atoms with Crippen LogP contribution in [0.5, 0.6) is 0 Å². The number of piperidine rings is 1. The van der Waals surface area contributed by atoms with Gasteiger partial charge in [0.05, 0.1) is 19.0 Å². The molecule has 0 saturated carbocycles. The summed E-state index contributed by atoms with van der Waals surface area (Å²) in [4.78, 5) is 14.2. The van der Waals surface area contributed by atoms with E-state index in [9.17, 15) is 4.79 Å². The smallest absolute Gasteiger partial charge is 0.232 e. The fourth-order valence-electron chi connectivity index (χ4n) is 2.86. The molecule has 0 N–H and O–H groups in total. The summed E-state index contributed by atoms with van der Waals surface area (Å²) in [5.74, 6) is 1.09. The summed E-state index contributed by atoms with van der Waals surface area (Å²) in [6.07, 6.45) is 1.55. The predicted octanol–water partition coefficient (Wildman–Crippen LogP) is 2.94. The van der Waals surface area contributed by atoms with E-state index in [4.69, 9.17) is 21.1 Å². The van der Waals surface area contributed by atoms with Crippen molar-refractivity contribution in [3.05, 3.63) is 34.9 Å². The van der Waals surface area contributed by atoms with E-state index in [1.54, 1.807) is 11.8 Å². The number of halogens is 1. The maximum atomic E-state index is 12.3. The normalized spacial score (nSPS) is 20.5. The van der Waals surface area contributed by atoms with Crippen molar-refractivity contribution in [1.82, 2.24) is 4.90 Å². The van der Waals surface area contributed by atoms with E-state index >= 15 is 0 Å². The third kappa shape index (κ3) is 3.96. The Morgan fingerprint density at radius 2 is 2.00 bits per heavy atom. The number of thioether (sulfide) groups is 1. The molecule has 2 fully saturated rings. The molecule has 6 heteroatoms. The fraction of sp³-hybridized carbons (Fsp3) is 0.562. The molecule has 2 aliphatic heterocycles. The van der Waals surface area contributed by atoms with Gasteiger partial charge in [-0.05, 0) is 17.7 Å². The zero-order chi connectivity index (χ0) is 15.4. The molecule has 0 aromatic heterocycles. The number of carbonyl (C=O) groups is 1. The Hall–Kier alpha value is -0.750. The third-order valence-electron chi connectivity index (χ3n) is 4.07. The Bertz CT molecular complexity index is 524. The number of benzene rings is 1. The Morgan fingerprint density at radius 1 is 1.27 bits per heavy atom. The van der Waals surface area contributed by atoms with Crippen molar-refractivity contribution in [1.29, 1.82) is 0 Å². The van der Waals surface area contributed by atoms with Crippen molar-refractivity contribution in [2.45, 2.75) is 24.4 Å². The van der Waals surface area contributed by atoms with Gasteiger partial charge in [-0.2, -0.15) is 0 Å². The van der Waals surface area contributed by atoms with Gasteiger partial charge in [-0.15, -0.1) is 11.8 Å². The minimum atomic E-state index is -0.412. The molecule has 2 aliphatic rings. The topological polar surface area (TPSA) is 38.8 Å². The average molecular weight is 342 g/mol. The first-order chi connectivity index (χ1) is 10.7. The van der Waals surface area contributed by atoms with Crippen LogP contribution >= 0.6 is 23.4 Å². The minimum absolute atomic E-state index is 0.194. The fourth-order valence-corrected chi connectivity index (χ4v) is 3.94. The molecular weight excluding hydrogens is 322 g/mol. The van der Waals surface area contributed by atoms with Crippen LogP contribution in [0.4, 0.5) is 0 Å². The average Bonchev–Trinajstić information content (AvgIpc) is 2.96. The molecule has 120 valence electrons. The maximum Gasteiger partial charge on any atom is 0.232 e. The Morgan fingerprint density at radius 3 is 2.68 bits per heavy atom. The third-order valence-corrected chi connectivity index (χ3v) is 5.30. The molecule has 2 saturated heterocycles. The number of rotatable bonds is 4. The van der Waals surface area contributed by atoms with Gasteiger partial charge < -0.3 is 14.4 Å². The molecule has 1 amide bonds. The Balaban J connectivity index is 1.41. The lowest BCUT2D eigenvalue weighted by atomic mass is 10.0. The van der Waals surface area contributed by atoms with Gasteiger partial charge in [-0.1, -0.05) is 23.7 Å². The SMILES string of the molecule is O=C(CSCc1cccc(Cl)c1)N1CCC2(CC1)OCCO2. The van der Waals surface area contributed by atoms with Crippen molar-refractivity contribution in [2.24, 2.45) is 0 Å². The molecule has 1 aromatic carbocycles. The second-order valence-corrected chi connectivity index (χ2v) is 7.03. The van der Waals surface area contributed by atoms with E-state index in [1.807, 2.05) is 29.2 Å².